The zero-order valence-electron chi connectivity index (χ0n) is 17.2. The second-order valence-corrected chi connectivity index (χ2v) is 5.66. The monoisotopic (exact) mass is 404 g/mol. The van der Waals surface area contributed by atoms with E-state index in [2.05, 4.69) is 0 Å². The fourth-order valence-corrected chi connectivity index (χ4v) is 2.84. The van der Waals surface area contributed by atoms with Gasteiger partial charge in [-0.3, -0.25) is 4.79 Å². The molecule has 8 heteroatoms. The van der Waals surface area contributed by atoms with E-state index in [1.165, 1.54) is 54.8 Å². The van der Waals surface area contributed by atoms with Crippen molar-refractivity contribution in [2.75, 3.05) is 42.7 Å². The smallest absolute Gasteiger partial charge is 0.211 e. The summed E-state index contributed by atoms with van der Waals surface area (Å²) in [5.74, 6) is 0.899. The molecule has 0 unspecified atom stereocenters. The number of aromatic hydroxyl groups is 1. The lowest BCUT2D eigenvalue weighted by molar-refractivity contribution is 0.104. The standard InChI is InChI=1S/C21H24O8/c1-24-12-7-10-16(25-2)14(11-12)15(22)9-8-13-17(23)19(27-4)21(29-6)20(28-5)18(13)26-3/h7-11,23H,1-6H3. The van der Waals surface area contributed by atoms with Crippen LogP contribution in [0.5, 0.6) is 40.2 Å². The molecular formula is C21H24O8. The van der Waals surface area contributed by atoms with Crippen molar-refractivity contribution in [1.82, 2.24) is 0 Å². The van der Waals surface area contributed by atoms with Gasteiger partial charge in [-0.15, -0.1) is 0 Å². The van der Waals surface area contributed by atoms with Crippen molar-refractivity contribution in [1.29, 1.82) is 0 Å². The summed E-state index contributed by atoms with van der Waals surface area (Å²) < 4.78 is 31.7. The van der Waals surface area contributed by atoms with Gasteiger partial charge in [-0.25, -0.2) is 0 Å². The van der Waals surface area contributed by atoms with Crippen LogP contribution in [0, 0.1) is 0 Å². The Kier molecular flexibility index (Phi) is 7.19. The summed E-state index contributed by atoms with van der Waals surface area (Å²) in [6.07, 6.45) is 2.68. The van der Waals surface area contributed by atoms with Gasteiger partial charge < -0.3 is 33.5 Å². The molecular weight excluding hydrogens is 380 g/mol. The van der Waals surface area contributed by atoms with E-state index in [1.54, 1.807) is 18.2 Å². The molecule has 156 valence electrons. The molecule has 2 aromatic rings. The first kappa shape index (κ1) is 21.7. The molecule has 2 rings (SSSR count). The Morgan fingerprint density at radius 1 is 0.793 bits per heavy atom. The van der Waals surface area contributed by atoms with E-state index in [0.29, 0.717) is 17.1 Å². The maximum atomic E-state index is 12.8. The molecule has 0 aliphatic heterocycles. The average molecular weight is 404 g/mol. The van der Waals surface area contributed by atoms with Crippen LogP contribution < -0.4 is 28.4 Å². The molecule has 0 aliphatic carbocycles. The summed E-state index contributed by atoms with van der Waals surface area (Å²) in [6, 6.07) is 4.89. The quantitative estimate of drug-likeness (QED) is 0.503. The Morgan fingerprint density at radius 3 is 1.90 bits per heavy atom. The number of carbonyl (C=O) groups is 1. The third-order valence-corrected chi connectivity index (χ3v) is 4.22. The van der Waals surface area contributed by atoms with Gasteiger partial charge in [0.25, 0.3) is 0 Å². The van der Waals surface area contributed by atoms with E-state index < -0.39 is 0 Å². The zero-order chi connectivity index (χ0) is 21.6. The SMILES string of the molecule is COc1ccc(OC)c(C(=O)C=Cc2c(O)c(OC)c(OC)c(OC)c2OC)c1. The first-order valence-corrected chi connectivity index (χ1v) is 8.50. The minimum Gasteiger partial charge on any atom is -0.504 e. The van der Waals surface area contributed by atoms with Gasteiger partial charge in [0.1, 0.15) is 11.5 Å². The largest absolute Gasteiger partial charge is 0.504 e. The molecule has 29 heavy (non-hydrogen) atoms. The Labute approximate surface area is 169 Å². The van der Waals surface area contributed by atoms with Crippen molar-refractivity contribution in [3.63, 3.8) is 0 Å². The predicted octanol–water partition coefficient (Wildman–Crippen LogP) is 3.34. The molecule has 0 atom stereocenters. The van der Waals surface area contributed by atoms with Gasteiger partial charge in [-0.1, -0.05) is 0 Å². The molecule has 0 saturated carbocycles. The minimum atomic E-state index is -0.365. The van der Waals surface area contributed by atoms with Gasteiger partial charge >= 0.3 is 0 Å². The van der Waals surface area contributed by atoms with Gasteiger partial charge in [0, 0.05) is 0 Å². The first-order valence-electron chi connectivity index (χ1n) is 8.50. The van der Waals surface area contributed by atoms with E-state index in [9.17, 15) is 9.90 Å². The highest BCUT2D eigenvalue weighted by Crippen LogP contribution is 2.53. The van der Waals surface area contributed by atoms with E-state index in [0.717, 1.165) is 0 Å². The molecule has 0 spiro atoms. The molecule has 0 saturated heterocycles. The zero-order valence-corrected chi connectivity index (χ0v) is 17.2. The van der Waals surface area contributed by atoms with Gasteiger partial charge in [0.05, 0.1) is 53.8 Å². The van der Waals surface area contributed by atoms with Gasteiger partial charge in [0.2, 0.25) is 17.2 Å². The van der Waals surface area contributed by atoms with Crippen molar-refractivity contribution in [3.05, 3.63) is 35.4 Å². The van der Waals surface area contributed by atoms with Crippen molar-refractivity contribution < 1.29 is 38.3 Å². The molecule has 0 aliphatic rings. The number of phenols is 1. The molecule has 1 N–H and O–H groups in total. The lowest BCUT2D eigenvalue weighted by Gasteiger charge is -2.19. The van der Waals surface area contributed by atoms with Crippen LogP contribution >= 0.6 is 0 Å². The van der Waals surface area contributed by atoms with E-state index in [4.69, 9.17) is 28.4 Å². The van der Waals surface area contributed by atoms with Crippen LogP contribution in [0.25, 0.3) is 6.08 Å². The fourth-order valence-electron chi connectivity index (χ4n) is 2.84. The number of hydrogen-bond donors (Lipinski definition) is 1. The Bertz CT molecular complexity index is 918. The van der Waals surface area contributed by atoms with Crippen molar-refractivity contribution >= 4 is 11.9 Å². The Hall–Kier alpha value is -3.55. The van der Waals surface area contributed by atoms with Gasteiger partial charge in [-0.05, 0) is 30.4 Å². The predicted molar refractivity (Wildman–Crippen MR) is 107 cm³/mol. The van der Waals surface area contributed by atoms with E-state index >= 15 is 0 Å². The highest BCUT2D eigenvalue weighted by molar-refractivity contribution is 6.09. The molecule has 8 nitrogen and oxygen atoms in total. The maximum absolute atomic E-state index is 12.8. The summed E-state index contributed by atoms with van der Waals surface area (Å²) >= 11 is 0. The number of benzene rings is 2. The highest BCUT2D eigenvalue weighted by Gasteiger charge is 2.26. The van der Waals surface area contributed by atoms with Gasteiger partial charge in [-0.2, -0.15) is 0 Å². The molecule has 0 fully saturated rings. The number of carbonyl (C=O) groups excluding carboxylic acids is 1. The summed E-state index contributed by atoms with van der Waals surface area (Å²) in [5, 5.41) is 10.7. The molecule has 0 amide bonds. The third kappa shape index (κ3) is 4.16. The fraction of sp³-hybridized carbons (Fsp3) is 0.286. The molecule has 2 aromatic carbocycles. The lowest BCUT2D eigenvalue weighted by atomic mass is 10.1. The normalized spacial score (nSPS) is 10.6. The van der Waals surface area contributed by atoms with Crippen molar-refractivity contribution in [2.45, 2.75) is 0 Å². The molecule has 0 bridgehead atoms. The maximum Gasteiger partial charge on any atom is 0.211 e. The number of methoxy groups -OCH3 is 6. The highest BCUT2D eigenvalue weighted by atomic mass is 16.5. The molecule has 0 heterocycles. The Morgan fingerprint density at radius 2 is 1.38 bits per heavy atom. The van der Waals surface area contributed by atoms with E-state index in [-0.39, 0.29) is 40.1 Å². The van der Waals surface area contributed by atoms with Crippen LogP contribution in [0.1, 0.15) is 15.9 Å². The van der Waals surface area contributed by atoms with E-state index in [1.807, 2.05) is 0 Å². The number of ether oxygens (including phenoxy) is 6. The number of ketones is 1. The summed E-state index contributed by atoms with van der Waals surface area (Å²) in [6.45, 7) is 0. The number of allylic oxidation sites excluding steroid dienone is 1. The summed E-state index contributed by atoms with van der Waals surface area (Å²) in [4.78, 5) is 12.8. The van der Waals surface area contributed by atoms with Crippen molar-refractivity contribution in [3.8, 4) is 40.2 Å². The number of rotatable bonds is 9. The molecule has 0 aromatic heterocycles. The topological polar surface area (TPSA) is 92.7 Å². The van der Waals surface area contributed by atoms with Crippen LogP contribution in [0.3, 0.4) is 0 Å². The first-order chi connectivity index (χ1) is 14.0. The molecule has 0 radical (unpaired) electrons. The lowest BCUT2D eigenvalue weighted by Crippen LogP contribution is -2.02. The third-order valence-electron chi connectivity index (χ3n) is 4.22. The summed E-state index contributed by atoms with van der Waals surface area (Å²) in [5.41, 5.74) is 0.492. The van der Waals surface area contributed by atoms with Crippen LogP contribution in [-0.4, -0.2) is 53.5 Å². The van der Waals surface area contributed by atoms with Crippen molar-refractivity contribution in [2.24, 2.45) is 0 Å². The number of phenolic OH excluding ortho intramolecular Hbond substituents is 1. The van der Waals surface area contributed by atoms with Gasteiger partial charge in [0.15, 0.2) is 17.3 Å². The number of hydrogen-bond acceptors (Lipinski definition) is 8. The second kappa shape index (κ2) is 9.59. The Balaban J connectivity index is 2.59. The van der Waals surface area contributed by atoms with Crippen LogP contribution in [-0.2, 0) is 0 Å². The average Bonchev–Trinajstić information content (AvgIpc) is 2.76. The summed E-state index contributed by atoms with van der Waals surface area (Å²) in [7, 11) is 8.60. The van der Waals surface area contributed by atoms with Crippen LogP contribution in [0.2, 0.25) is 0 Å². The second-order valence-electron chi connectivity index (χ2n) is 5.66. The minimum absolute atomic E-state index is 0.0520. The van der Waals surface area contributed by atoms with Crippen LogP contribution in [0.15, 0.2) is 24.3 Å². The van der Waals surface area contributed by atoms with Crippen LogP contribution in [0.4, 0.5) is 0 Å².